The minimum atomic E-state index is -4.53. The molecule has 2 aromatic rings. The second-order valence-corrected chi connectivity index (χ2v) is 6.93. The lowest BCUT2D eigenvalue weighted by Crippen LogP contribution is -2.30. The summed E-state index contributed by atoms with van der Waals surface area (Å²) in [6, 6.07) is 8.69. The van der Waals surface area contributed by atoms with Gasteiger partial charge in [-0.25, -0.2) is 0 Å². The van der Waals surface area contributed by atoms with Crippen LogP contribution < -0.4 is 0 Å². The minimum absolute atomic E-state index is 0.115. The fourth-order valence-electron chi connectivity index (χ4n) is 2.64. The van der Waals surface area contributed by atoms with Gasteiger partial charge in [0, 0.05) is 10.6 Å². The number of halogens is 6. The Hall–Kier alpha value is -2.02. The van der Waals surface area contributed by atoms with Gasteiger partial charge < -0.3 is 0 Å². The first-order valence-electron chi connectivity index (χ1n) is 7.47. The summed E-state index contributed by atoms with van der Waals surface area (Å²) in [5.74, 6) is -1.55. The molecule has 0 fully saturated rings. The van der Waals surface area contributed by atoms with Crippen LogP contribution in [0.1, 0.15) is 16.7 Å². The Balaban J connectivity index is 1.93. The third-order valence-electron chi connectivity index (χ3n) is 3.91. The molecule has 3 rings (SSSR count). The van der Waals surface area contributed by atoms with Gasteiger partial charge in [-0.1, -0.05) is 53.0 Å². The number of benzene rings is 2. The predicted molar refractivity (Wildman–Crippen MR) is 96.2 cm³/mol. The molecule has 0 aromatic heterocycles. The Morgan fingerprint density at radius 3 is 2.26 bits per heavy atom. The summed E-state index contributed by atoms with van der Waals surface area (Å²) in [5.41, 5.74) is -0.634. The van der Waals surface area contributed by atoms with Crippen LogP contribution in [0.5, 0.6) is 0 Å². The van der Waals surface area contributed by atoms with Crippen molar-refractivity contribution < 1.29 is 22.8 Å². The topological polar surface area (TPSA) is 37.4 Å². The maximum absolute atomic E-state index is 12.9. The average molecular weight is 435 g/mol. The Morgan fingerprint density at radius 2 is 1.63 bits per heavy atom. The Labute approximate surface area is 166 Å². The fourth-order valence-corrected chi connectivity index (χ4v) is 3.43. The van der Waals surface area contributed by atoms with Gasteiger partial charge in [0.25, 0.3) is 11.8 Å². The number of rotatable bonds is 3. The molecule has 0 aliphatic carbocycles. The summed E-state index contributed by atoms with van der Waals surface area (Å²) in [6.07, 6.45) is -4.53. The van der Waals surface area contributed by atoms with Gasteiger partial charge in [0.1, 0.15) is 5.03 Å². The third kappa shape index (κ3) is 3.83. The van der Waals surface area contributed by atoms with E-state index in [0.717, 1.165) is 17.0 Å². The molecule has 0 unspecified atom stereocenters. The van der Waals surface area contributed by atoms with Gasteiger partial charge in [-0.2, -0.15) is 13.2 Å². The van der Waals surface area contributed by atoms with Crippen molar-refractivity contribution >= 4 is 52.2 Å². The lowest BCUT2D eigenvalue weighted by atomic mass is 10.1. The van der Waals surface area contributed by atoms with Gasteiger partial charge in [-0.15, -0.1) is 0 Å². The molecule has 1 aliphatic heterocycles. The second kappa shape index (κ2) is 7.19. The van der Waals surface area contributed by atoms with Gasteiger partial charge >= 0.3 is 6.18 Å². The van der Waals surface area contributed by atoms with E-state index >= 15 is 0 Å². The van der Waals surface area contributed by atoms with Crippen LogP contribution in [0.25, 0.3) is 5.57 Å². The summed E-state index contributed by atoms with van der Waals surface area (Å²) in [5, 5.41) is 0.104. The van der Waals surface area contributed by atoms with Crippen molar-refractivity contribution in [2.75, 3.05) is 0 Å². The molecule has 1 heterocycles. The number of nitrogens with zero attached hydrogens (tertiary/aromatic N) is 1. The number of hydrogen-bond donors (Lipinski definition) is 0. The number of amides is 2. The van der Waals surface area contributed by atoms with Crippen molar-refractivity contribution in [3.05, 3.63) is 74.2 Å². The van der Waals surface area contributed by atoms with Crippen molar-refractivity contribution in [2.45, 2.75) is 12.7 Å². The van der Waals surface area contributed by atoms with Gasteiger partial charge in [0.05, 0.1) is 22.7 Å². The summed E-state index contributed by atoms with van der Waals surface area (Å²) in [7, 11) is 0. The van der Waals surface area contributed by atoms with Crippen LogP contribution in [0.2, 0.25) is 10.0 Å². The summed E-state index contributed by atoms with van der Waals surface area (Å²) in [4.78, 5) is 25.9. The lowest BCUT2D eigenvalue weighted by molar-refractivity contribution is -0.137. The average Bonchev–Trinajstić information content (AvgIpc) is 2.79. The van der Waals surface area contributed by atoms with Crippen LogP contribution in [0.3, 0.4) is 0 Å². The molecule has 0 radical (unpaired) electrons. The second-order valence-electron chi connectivity index (χ2n) is 5.71. The summed E-state index contributed by atoms with van der Waals surface area (Å²) in [6.45, 7) is -0.355. The molecule has 2 aromatic carbocycles. The maximum atomic E-state index is 12.9. The molecule has 0 bridgehead atoms. The normalized spacial score (nSPS) is 15.1. The van der Waals surface area contributed by atoms with Gasteiger partial charge in [-0.05, 0) is 29.8 Å². The molecule has 0 saturated heterocycles. The van der Waals surface area contributed by atoms with Gasteiger partial charge in [-0.3, -0.25) is 14.5 Å². The van der Waals surface area contributed by atoms with E-state index in [4.69, 9.17) is 34.8 Å². The van der Waals surface area contributed by atoms with E-state index in [2.05, 4.69) is 0 Å². The van der Waals surface area contributed by atoms with Gasteiger partial charge in [0.15, 0.2) is 0 Å². The number of hydrogen-bond acceptors (Lipinski definition) is 2. The Kier molecular flexibility index (Phi) is 5.25. The number of imide groups is 1. The van der Waals surface area contributed by atoms with Crippen molar-refractivity contribution in [2.24, 2.45) is 0 Å². The molecule has 3 nitrogen and oxygen atoms in total. The molecule has 0 spiro atoms. The zero-order valence-corrected chi connectivity index (χ0v) is 15.5. The quantitative estimate of drug-likeness (QED) is 0.596. The van der Waals surface area contributed by atoms with Crippen molar-refractivity contribution in [1.29, 1.82) is 0 Å². The largest absolute Gasteiger partial charge is 0.416 e. The van der Waals surface area contributed by atoms with Crippen LogP contribution in [0.4, 0.5) is 13.2 Å². The first kappa shape index (κ1) is 19.7. The first-order valence-corrected chi connectivity index (χ1v) is 8.60. The van der Waals surface area contributed by atoms with E-state index in [0.29, 0.717) is 5.02 Å². The fraction of sp³-hybridized carbons (Fsp3) is 0.111. The third-order valence-corrected chi connectivity index (χ3v) is 4.81. The minimum Gasteiger partial charge on any atom is -0.269 e. The molecule has 0 atom stereocenters. The number of carbonyl (C=O) groups excluding carboxylic acids is 2. The molecule has 2 amide bonds. The standard InChI is InChI=1S/C18H9Cl3F3NO2/c19-11-4-5-12(13(20)7-11)14-15(21)17(27)25(16(14)26)8-9-2-1-3-10(6-9)18(22,23)24/h1-7H,8H2. The highest BCUT2D eigenvalue weighted by Crippen LogP contribution is 2.37. The highest BCUT2D eigenvalue weighted by atomic mass is 35.5. The monoisotopic (exact) mass is 433 g/mol. The van der Waals surface area contributed by atoms with Crippen LogP contribution in [0, 0.1) is 0 Å². The first-order chi connectivity index (χ1) is 12.6. The highest BCUT2D eigenvalue weighted by Gasteiger charge is 2.39. The predicted octanol–water partition coefficient (Wildman–Crippen LogP) is 5.53. The smallest absolute Gasteiger partial charge is 0.269 e. The molecule has 1 aliphatic rings. The number of alkyl halides is 3. The Bertz CT molecular complexity index is 986. The molecule has 27 heavy (non-hydrogen) atoms. The van der Waals surface area contributed by atoms with E-state index in [1.54, 1.807) is 0 Å². The van der Waals surface area contributed by atoms with Crippen molar-refractivity contribution in [3.63, 3.8) is 0 Å². The van der Waals surface area contributed by atoms with Crippen LogP contribution in [0.15, 0.2) is 47.5 Å². The van der Waals surface area contributed by atoms with Crippen molar-refractivity contribution in [1.82, 2.24) is 4.90 Å². The SMILES string of the molecule is O=C1C(Cl)=C(c2ccc(Cl)cc2Cl)C(=O)N1Cc1cccc(C(F)(F)F)c1. The maximum Gasteiger partial charge on any atom is 0.416 e. The van der Waals surface area contributed by atoms with E-state index in [1.807, 2.05) is 0 Å². The zero-order valence-electron chi connectivity index (χ0n) is 13.3. The molecule has 140 valence electrons. The van der Waals surface area contributed by atoms with Crippen LogP contribution >= 0.6 is 34.8 Å². The van der Waals surface area contributed by atoms with Crippen molar-refractivity contribution in [3.8, 4) is 0 Å². The van der Waals surface area contributed by atoms with E-state index in [-0.39, 0.29) is 33.3 Å². The van der Waals surface area contributed by atoms with Crippen LogP contribution in [-0.2, 0) is 22.3 Å². The summed E-state index contributed by atoms with van der Waals surface area (Å²) >= 11 is 17.9. The van der Waals surface area contributed by atoms with Crippen LogP contribution in [-0.4, -0.2) is 16.7 Å². The Morgan fingerprint density at radius 1 is 0.926 bits per heavy atom. The molecular weight excluding hydrogens is 426 g/mol. The molecular formula is C18H9Cl3F3NO2. The molecule has 9 heteroatoms. The van der Waals surface area contributed by atoms with Gasteiger partial charge in [0.2, 0.25) is 0 Å². The van der Waals surface area contributed by atoms with E-state index in [9.17, 15) is 22.8 Å². The van der Waals surface area contributed by atoms with E-state index in [1.165, 1.54) is 30.3 Å². The molecule has 0 N–H and O–H groups in total. The zero-order chi connectivity index (χ0) is 19.9. The summed E-state index contributed by atoms with van der Waals surface area (Å²) < 4.78 is 38.6. The number of carbonyl (C=O) groups is 2. The molecule has 0 saturated carbocycles. The lowest BCUT2D eigenvalue weighted by Gasteiger charge is -2.16. The van der Waals surface area contributed by atoms with E-state index < -0.39 is 23.6 Å². The highest BCUT2D eigenvalue weighted by molar-refractivity contribution is 6.55.